The maximum Gasteiger partial charge on any atom is 0.0391 e. The average Bonchev–Trinajstić information content (AvgIpc) is 3.42. The van der Waals surface area contributed by atoms with Crippen molar-refractivity contribution in [1.29, 1.82) is 0 Å². The Bertz CT molecular complexity index is 705. The molecule has 1 aromatic heterocycles. The highest BCUT2D eigenvalue weighted by molar-refractivity contribution is 5.69. The van der Waals surface area contributed by atoms with Crippen LogP contribution in [0.1, 0.15) is 62.3 Å². The lowest BCUT2D eigenvalue weighted by Gasteiger charge is -2.38. The van der Waals surface area contributed by atoms with Crippen molar-refractivity contribution < 1.29 is 0 Å². The number of aromatic nitrogens is 1. The van der Waals surface area contributed by atoms with E-state index < -0.39 is 0 Å². The van der Waals surface area contributed by atoms with Gasteiger partial charge in [-0.3, -0.25) is 4.90 Å². The summed E-state index contributed by atoms with van der Waals surface area (Å²) < 4.78 is 2.68. The van der Waals surface area contributed by atoms with Gasteiger partial charge in [0.15, 0.2) is 0 Å². The molecule has 5 rings (SSSR count). The van der Waals surface area contributed by atoms with Crippen LogP contribution in [0.5, 0.6) is 0 Å². The predicted molar refractivity (Wildman–Crippen MR) is 99.1 cm³/mol. The topological polar surface area (TPSA) is 8.17 Å². The molecule has 2 saturated carbocycles. The fourth-order valence-corrected chi connectivity index (χ4v) is 4.93. The molecule has 2 heterocycles. The number of fused-ring (bicyclic) bond motifs is 1. The average molecular weight is 320 g/mol. The van der Waals surface area contributed by atoms with Gasteiger partial charge in [-0.25, -0.2) is 0 Å². The number of hydrogen-bond acceptors (Lipinski definition) is 1. The summed E-state index contributed by atoms with van der Waals surface area (Å²) in [6.45, 7) is 3.61. The molecule has 0 bridgehead atoms. The Morgan fingerprint density at radius 2 is 1.62 bits per heavy atom. The molecule has 0 atom stereocenters. The highest BCUT2D eigenvalue weighted by atomic mass is 15.2. The van der Waals surface area contributed by atoms with E-state index in [9.17, 15) is 0 Å². The third kappa shape index (κ3) is 2.61. The van der Waals surface area contributed by atoms with Crippen LogP contribution in [0.4, 0.5) is 0 Å². The molecule has 0 N–H and O–H groups in total. The Morgan fingerprint density at radius 3 is 2.38 bits per heavy atom. The van der Waals surface area contributed by atoms with Crippen LogP contribution < -0.4 is 0 Å². The van der Waals surface area contributed by atoms with Gasteiger partial charge in [-0.15, -0.1) is 0 Å². The smallest absolute Gasteiger partial charge is 0.0391 e. The fourth-order valence-electron chi connectivity index (χ4n) is 4.93. The zero-order valence-corrected chi connectivity index (χ0v) is 14.6. The summed E-state index contributed by atoms with van der Waals surface area (Å²) in [7, 11) is 0. The Morgan fingerprint density at radius 1 is 0.833 bits per heavy atom. The van der Waals surface area contributed by atoms with Crippen LogP contribution in [-0.4, -0.2) is 22.1 Å². The summed E-state index contributed by atoms with van der Waals surface area (Å²) in [6, 6.07) is 14.4. The number of nitrogens with zero attached hydrogens (tertiary/aromatic N) is 2. The zero-order chi connectivity index (χ0) is 15.9. The Balaban J connectivity index is 1.48. The SMILES string of the molecule is c1ccc(-c2cc3n(c2C2CC2)CCN(C2CCCCC2)C3)cc1. The third-order valence-electron chi connectivity index (χ3n) is 6.34. The summed E-state index contributed by atoms with van der Waals surface area (Å²) in [6.07, 6.45) is 9.93. The van der Waals surface area contributed by atoms with Crippen molar-refractivity contribution in [3.8, 4) is 11.1 Å². The van der Waals surface area contributed by atoms with Crippen molar-refractivity contribution in [3.05, 3.63) is 47.8 Å². The lowest BCUT2D eigenvalue weighted by molar-refractivity contribution is 0.123. The molecule has 0 spiro atoms. The number of rotatable bonds is 3. The van der Waals surface area contributed by atoms with Crippen molar-refractivity contribution >= 4 is 0 Å². The van der Waals surface area contributed by atoms with E-state index in [0.717, 1.165) is 18.5 Å². The van der Waals surface area contributed by atoms with E-state index in [-0.39, 0.29) is 0 Å². The first-order valence-electron chi connectivity index (χ1n) is 9.92. The lowest BCUT2D eigenvalue weighted by atomic mass is 9.94. The van der Waals surface area contributed by atoms with Gasteiger partial charge in [0.2, 0.25) is 0 Å². The van der Waals surface area contributed by atoms with Crippen LogP contribution in [0, 0.1) is 0 Å². The highest BCUT2D eigenvalue weighted by Gasteiger charge is 2.34. The van der Waals surface area contributed by atoms with Crippen LogP contribution in [0.2, 0.25) is 0 Å². The van der Waals surface area contributed by atoms with Crippen molar-refractivity contribution in [1.82, 2.24) is 9.47 Å². The van der Waals surface area contributed by atoms with Gasteiger partial charge in [-0.05, 0) is 43.2 Å². The van der Waals surface area contributed by atoms with Crippen LogP contribution in [0.25, 0.3) is 11.1 Å². The van der Waals surface area contributed by atoms with Crippen LogP contribution in [0.15, 0.2) is 36.4 Å². The van der Waals surface area contributed by atoms with Crippen LogP contribution >= 0.6 is 0 Å². The lowest BCUT2D eigenvalue weighted by Crippen LogP contribution is -2.42. The minimum Gasteiger partial charge on any atom is -0.345 e. The van der Waals surface area contributed by atoms with Gasteiger partial charge in [-0.1, -0.05) is 49.6 Å². The summed E-state index contributed by atoms with van der Waals surface area (Å²) in [5.74, 6) is 0.815. The molecule has 2 heteroatoms. The molecular weight excluding hydrogens is 292 g/mol. The van der Waals surface area contributed by atoms with Gasteiger partial charge in [-0.2, -0.15) is 0 Å². The largest absolute Gasteiger partial charge is 0.345 e. The third-order valence-corrected chi connectivity index (χ3v) is 6.34. The molecule has 0 unspecified atom stereocenters. The molecular formula is C22H28N2. The monoisotopic (exact) mass is 320 g/mol. The van der Waals surface area contributed by atoms with Crippen LogP contribution in [0.3, 0.4) is 0 Å². The summed E-state index contributed by atoms with van der Waals surface area (Å²) >= 11 is 0. The van der Waals surface area contributed by atoms with E-state index in [1.807, 2.05) is 0 Å². The normalized spacial score (nSPS) is 22.5. The molecule has 2 nitrogen and oxygen atoms in total. The fraction of sp³-hybridized carbons (Fsp3) is 0.545. The van der Waals surface area contributed by atoms with E-state index in [1.165, 1.54) is 69.2 Å². The molecule has 126 valence electrons. The second kappa shape index (κ2) is 6.07. The molecule has 2 aliphatic carbocycles. The number of benzene rings is 1. The maximum atomic E-state index is 2.78. The van der Waals surface area contributed by atoms with Gasteiger partial charge in [0, 0.05) is 42.6 Å². The molecule has 0 saturated heterocycles. The van der Waals surface area contributed by atoms with E-state index >= 15 is 0 Å². The summed E-state index contributed by atoms with van der Waals surface area (Å²) in [5.41, 5.74) is 6.12. The van der Waals surface area contributed by atoms with Crippen molar-refractivity contribution in [2.45, 2.75) is 70.0 Å². The Hall–Kier alpha value is -1.54. The van der Waals surface area contributed by atoms with Gasteiger partial charge in [0.25, 0.3) is 0 Å². The standard InChI is InChI=1S/C22H28N2/c1-3-7-17(8-4-1)21-15-20-16-23(19-9-5-2-6-10-19)13-14-24(20)22(21)18-11-12-18/h1,3-4,7-8,15,18-19H,2,5-6,9-14,16H2. The van der Waals surface area contributed by atoms with E-state index in [4.69, 9.17) is 0 Å². The Kier molecular flexibility index (Phi) is 3.74. The van der Waals surface area contributed by atoms with Gasteiger partial charge in [0.05, 0.1) is 0 Å². The minimum absolute atomic E-state index is 0.815. The first-order valence-corrected chi connectivity index (χ1v) is 9.92. The van der Waals surface area contributed by atoms with E-state index in [1.54, 1.807) is 11.4 Å². The van der Waals surface area contributed by atoms with Gasteiger partial charge in [0.1, 0.15) is 0 Å². The molecule has 1 aliphatic heterocycles. The molecule has 3 aliphatic rings. The van der Waals surface area contributed by atoms with E-state index in [0.29, 0.717) is 0 Å². The second-order valence-electron chi connectivity index (χ2n) is 7.99. The predicted octanol–water partition coefficient (Wildman–Crippen LogP) is 5.18. The highest BCUT2D eigenvalue weighted by Crippen LogP contribution is 2.46. The molecule has 2 fully saturated rings. The first-order chi connectivity index (χ1) is 11.9. The summed E-state index contributed by atoms with van der Waals surface area (Å²) in [5, 5.41) is 0. The molecule has 0 radical (unpaired) electrons. The van der Waals surface area contributed by atoms with Gasteiger partial charge >= 0.3 is 0 Å². The van der Waals surface area contributed by atoms with Crippen molar-refractivity contribution in [3.63, 3.8) is 0 Å². The van der Waals surface area contributed by atoms with Crippen LogP contribution in [-0.2, 0) is 13.1 Å². The zero-order valence-electron chi connectivity index (χ0n) is 14.6. The quantitative estimate of drug-likeness (QED) is 0.756. The summed E-state index contributed by atoms with van der Waals surface area (Å²) in [4.78, 5) is 2.78. The van der Waals surface area contributed by atoms with E-state index in [2.05, 4.69) is 45.9 Å². The van der Waals surface area contributed by atoms with Crippen molar-refractivity contribution in [2.24, 2.45) is 0 Å². The minimum atomic E-state index is 0.815. The maximum absolute atomic E-state index is 2.78. The molecule has 24 heavy (non-hydrogen) atoms. The molecule has 0 amide bonds. The first kappa shape index (κ1) is 14.8. The molecule has 2 aromatic rings. The molecule has 1 aromatic carbocycles. The second-order valence-corrected chi connectivity index (χ2v) is 7.99. The Labute approximate surface area is 145 Å². The van der Waals surface area contributed by atoms with Crippen molar-refractivity contribution in [2.75, 3.05) is 6.54 Å². The van der Waals surface area contributed by atoms with Gasteiger partial charge < -0.3 is 4.57 Å². The number of hydrogen-bond donors (Lipinski definition) is 0.